The maximum Gasteiger partial charge on any atom is 0.352 e. The summed E-state index contributed by atoms with van der Waals surface area (Å²) in [5, 5.41) is 32.2. The van der Waals surface area contributed by atoms with Crippen molar-refractivity contribution in [2.45, 2.75) is 28.7 Å². The van der Waals surface area contributed by atoms with Crippen molar-refractivity contribution in [1.82, 2.24) is 25.7 Å². The number of amides is 3. The van der Waals surface area contributed by atoms with Crippen molar-refractivity contribution in [2.75, 3.05) is 18.1 Å². The minimum absolute atomic E-state index is 0.0776. The molecule has 0 bridgehead atoms. The first-order valence-corrected chi connectivity index (χ1v) is 13.2. The molecule has 0 aliphatic carbocycles. The van der Waals surface area contributed by atoms with E-state index in [-0.39, 0.29) is 5.70 Å². The second-order valence-electron chi connectivity index (χ2n) is 7.60. The minimum Gasteiger partial charge on any atom is -0.477 e. The molecule has 0 radical (unpaired) electrons. The second kappa shape index (κ2) is 10.8. The van der Waals surface area contributed by atoms with Crippen molar-refractivity contribution in [3.8, 4) is 0 Å². The number of thioether (sulfide) groups is 2. The lowest BCUT2D eigenvalue weighted by Gasteiger charge is -2.49. The predicted molar refractivity (Wildman–Crippen MR) is 129 cm³/mol. The molecule has 2 aliphatic heterocycles. The third-order valence-corrected chi connectivity index (χ3v) is 8.67. The van der Waals surface area contributed by atoms with Crippen LogP contribution < -0.4 is 10.6 Å². The Morgan fingerprint density at radius 2 is 2.00 bits per heavy atom. The van der Waals surface area contributed by atoms with Gasteiger partial charge in [0.15, 0.2) is 4.34 Å². The predicted octanol–water partition coefficient (Wildman–Crippen LogP) is 0.527. The summed E-state index contributed by atoms with van der Waals surface area (Å²) in [6.07, 6.45) is 0. The number of carbonyl (C=O) groups is 4. The maximum atomic E-state index is 13.0. The van der Waals surface area contributed by atoms with Crippen LogP contribution in [0.25, 0.3) is 0 Å². The molecule has 4 N–H and O–H groups in total. The SMILES string of the molecule is Cc1nnc(SCC2=C(C(=O)O)N3C(=O)C(NC(=O)C(NC(=O)CO)c4ccccc4)[C@@H]3SC2)s1. The van der Waals surface area contributed by atoms with E-state index in [4.69, 9.17) is 5.11 Å². The van der Waals surface area contributed by atoms with Crippen molar-refractivity contribution in [1.29, 1.82) is 0 Å². The average molecular weight is 536 g/mol. The van der Waals surface area contributed by atoms with E-state index in [0.29, 0.717) is 27.0 Å². The third-order valence-electron chi connectivity index (χ3n) is 5.27. The zero-order valence-corrected chi connectivity index (χ0v) is 20.8. The molecule has 14 heteroatoms. The first kappa shape index (κ1) is 25.2. The molecule has 0 spiro atoms. The Balaban J connectivity index is 1.48. The molecule has 4 rings (SSSR count). The van der Waals surface area contributed by atoms with E-state index >= 15 is 0 Å². The van der Waals surface area contributed by atoms with E-state index in [2.05, 4.69) is 20.8 Å². The Hall–Kier alpha value is -2.94. The van der Waals surface area contributed by atoms with Crippen LogP contribution in [0.1, 0.15) is 16.6 Å². The van der Waals surface area contributed by atoms with Crippen LogP contribution in [0.3, 0.4) is 0 Å². The third kappa shape index (κ3) is 5.34. The topological polar surface area (TPSA) is 162 Å². The number of carbonyl (C=O) groups excluding carboxylic acids is 3. The molecule has 0 saturated carbocycles. The zero-order chi connectivity index (χ0) is 25.1. The summed E-state index contributed by atoms with van der Waals surface area (Å²) in [5.74, 6) is -2.41. The van der Waals surface area contributed by atoms with Gasteiger partial charge >= 0.3 is 5.97 Å². The number of aliphatic hydroxyl groups is 1. The summed E-state index contributed by atoms with van der Waals surface area (Å²) in [5.41, 5.74) is 0.988. The largest absolute Gasteiger partial charge is 0.477 e. The van der Waals surface area contributed by atoms with Gasteiger partial charge in [-0.2, -0.15) is 0 Å². The fourth-order valence-electron chi connectivity index (χ4n) is 3.67. The van der Waals surface area contributed by atoms with Crippen LogP contribution in [0.4, 0.5) is 0 Å². The van der Waals surface area contributed by atoms with E-state index in [1.54, 1.807) is 30.3 Å². The summed E-state index contributed by atoms with van der Waals surface area (Å²) in [6.45, 7) is 1.03. The molecule has 3 heterocycles. The van der Waals surface area contributed by atoms with E-state index in [0.717, 1.165) is 5.01 Å². The Labute approximate surface area is 212 Å². The smallest absolute Gasteiger partial charge is 0.352 e. The van der Waals surface area contributed by atoms with Gasteiger partial charge in [0, 0.05) is 11.5 Å². The molecular weight excluding hydrogens is 514 g/mol. The van der Waals surface area contributed by atoms with Gasteiger partial charge in [0.2, 0.25) is 11.8 Å². The van der Waals surface area contributed by atoms with Gasteiger partial charge in [0.25, 0.3) is 5.91 Å². The Morgan fingerprint density at radius 3 is 2.63 bits per heavy atom. The van der Waals surface area contributed by atoms with Crippen LogP contribution in [0.15, 0.2) is 45.9 Å². The number of hydrogen-bond acceptors (Lipinski definition) is 10. The second-order valence-corrected chi connectivity index (χ2v) is 11.1. The summed E-state index contributed by atoms with van der Waals surface area (Å²) in [4.78, 5) is 51.0. The van der Waals surface area contributed by atoms with Crippen LogP contribution in [0, 0.1) is 6.92 Å². The molecule has 2 unspecified atom stereocenters. The Morgan fingerprint density at radius 1 is 1.26 bits per heavy atom. The number of carboxylic acid groups (broad SMARTS) is 1. The number of aliphatic hydroxyl groups excluding tert-OH is 1. The number of β-lactam (4-membered cyclic amide) rings is 1. The fraction of sp³-hybridized carbons (Fsp3) is 0.333. The van der Waals surface area contributed by atoms with Gasteiger partial charge < -0.3 is 20.8 Å². The Bertz CT molecular complexity index is 1190. The molecule has 1 fully saturated rings. The highest BCUT2D eigenvalue weighted by Crippen LogP contribution is 2.42. The standard InChI is InChI=1S/C21H21N5O6S3/c1-10-24-25-21(35-10)34-9-12-8-33-19-15(18(30)26(19)16(12)20(31)32)23-17(29)14(22-13(28)7-27)11-5-3-2-4-6-11/h2-6,14-15,19,27H,7-9H2,1H3,(H,22,28)(H,23,29)(H,31,32)/t14?,15?,19-/m0/s1. The van der Waals surface area contributed by atoms with Crippen molar-refractivity contribution < 1.29 is 29.4 Å². The molecular formula is C21H21N5O6S3. The van der Waals surface area contributed by atoms with Gasteiger partial charge in [-0.05, 0) is 18.1 Å². The van der Waals surface area contributed by atoms with E-state index in [9.17, 15) is 24.3 Å². The lowest BCUT2D eigenvalue weighted by atomic mass is 10.0. The zero-order valence-electron chi connectivity index (χ0n) is 18.3. The summed E-state index contributed by atoms with van der Waals surface area (Å²) in [6, 6.07) is 6.35. The molecule has 184 valence electrons. The number of aryl methyl sites for hydroxylation is 1. The first-order valence-electron chi connectivity index (χ1n) is 10.4. The number of carboxylic acids is 1. The van der Waals surface area contributed by atoms with Crippen LogP contribution >= 0.6 is 34.9 Å². The molecule has 2 aromatic rings. The highest BCUT2D eigenvalue weighted by atomic mass is 32.2. The highest BCUT2D eigenvalue weighted by molar-refractivity contribution is 8.01. The molecule has 3 amide bonds. The van der Waals surface area contributed by atoms with E-state index < -0.39 is 47.8 Å². The van der Waals surface area contributed by atoms with Gasteiger partial charge in [-0.25, -0.2) is 4.79 Å². The minimum atomic E-state index is -1.21. The van der Waals surface area contributed by atoms with Crippen LogP contribution in [0.2, 0.25) is 0 Å². The maximum absolute atomic E-state index is 13.0. The number of fused-ring (bicyclic) bond motifs is 1. The van der Waals surface area contributed by atoms with Crippen LogP contribution in [-0.2, 0) is 19.2 Å². The molecule has 1 aromatic carbocycles. The lowest BCUT2D eigenvalue weighted by Crippen LogP contribution is -2.71. The van der Waals surface area contributed by atoms with Crippen molar-refractivity contribution in [3.05, 3.63) is 52.2 Å². The number of rotatable bonds is 9. The number of nitrogens with zero attached hydrogens (tertiary/aromatic N) is 3. The van der Waals surface area contributed by atoms with Gasteiger partial charge in [0.1, 0.15) is 34.8 Å². The Kier molecular flexibility index (Phi) is 7.74. The highest BCUT2D eigenvalue weighted by Gasteiger charge is 2.54. The molecule has 2 aliphatic rings. The van der Waals surface area contributed by atoms with Gasteiger partial charge in [-0.15, -0.1) is 22.0 Å². The number of aromatic nitrogens is 2. The van der Waals surface area contributed by atoms with Crippen LogP contribution in [-0.4, -0.2) is 78.5 Å². The average Bonchev–Trinajstić information content (AvgIpc) is 3.28. The van der Waals surface area contributed by atoms with Crippen LogP contribution in [0.5, 0.6) is 0 Å². The summed E-state index contributed by atoms with van der Waals surface area (Å²) in [7, 11) is 0. The number of hydrogen-bond donors (Lipinski definition) is 4. The van der Waals surface area contributed by atoms with Crippen molar-refractivity contribution in [3.63, 3.8) is 0 Å². The van der Waals surface area contributed by atoms with E-state index in [1.807, 2.05) is 6.92 Å². The summed E-state index contributed by atoms with van der Waals surface area (Å²) < 4.78 is 0.712. The van der Waals surface area contributed by atoms with Gasteiger partial charge in [-0.3, -0.25) is 19.3 Å². The first-order chi connectivity index (χ1) is 16.8. The monoisotopic (exact) mass is 535 g/mol. The van der Waals surface area contributed by atoms with Gasteiger partial charge in [-0.1, -0.05) is 53.4 Å². The normalized spacial score (nSPS) is 20.1. The van der Waals surface area contributed by atoms with Crippen molar-refractivity contribution in [2.24, 2.45) is 0 Å². The number of aliphatic carboxylic acids is 1. The quantitative estimate of drug-likeness (QED) is 0.263. The molecule has 11 nitrogen and oxygen atoms in total. The molecule has 3 atom stereocenters. The lowest BCUT2D eigenvalue weighted by molar-refractivity contribution is -0.151. The number of nitrogens with one attached hydrogen (secondary N) is 2. The fourth-order valence-corrected chi connectivity index (χ4v) is 6.97. The number of benzene rings is 1. The van der Waals surface area contributed by atoms with E-state index in [1.165, 1.54) is 39.8 Å². The molecule has 35 heavy (non-hydrogen) atoms. The van der Waals surface area contributed by atoms with Gasteiger partial charge in [0.05, 0.1) is 0 Å². The summed E-state index contributed by atoms with van der Waals surface area (Å²) >= 11 is 4.12. The molecule has 1 aromatic heterocycles. The molecule has 1 saturated heterocycles. The van der Waals surface area contributed by atoms with Crippen molar-refractivity contribution >= 4 is 58.6 Å².